The van der Waals surface area contributed by atoms with Crippen LogP contribution in [0.25, 0.3) is 0 Å². The molecule has 2 fully saturated rings. The van der Waals surface area contributed by atoms with Crippen molar-refractivity contribution in [3.63, 3.8) is 0 Å². The first kappa shape index (κ1) is 11.0. The zero-order valence-corrected chi connectivity index (χ0v) is 10.4. The molecule has 2 saturated heterocycles. The lowest BCUT2D eigenvalue weighted by Crippen LogP contribution is -2.60. The number of nitrogens with one attached hydrogen (secondary N) is 1. The van der Waals surface area contributed by atoms with Crippen LogP contribution in [0.5, 0.6) is 0 Å². The topological polar surface area (TPSA) is 41.1 Å². The van der Waals surface area contributed by atoms with Gasteiger partial charge in [-0.25, -0.2) is 9.97 Å². The molecule has 0 radical (unpaired) electrons. The Morgan fingerprint density at radius 2 is 1.88 bits per heavy atom. The summed E-state index contributed by atoms with van der Waals surface area (Å²) >= 11 is 0. The Labute approximate surface area is 102 Å². The fourth-order valence-electron chi connectivity index (χ4n) is 2.87. The second-order valence-corrected chi connectivity index (χ2v) is 5.35. The standard InChI is InChI=1S/C13H20N4/c1-2-11-7-15-12(16-8-11)17-9-13(10-17)3-5-14-6-4-13/h7-8,14H,2-6,9-10H2,1H3. The number of aromatic nitrogens is 2. The first-order valence-electron chi connectivity index (χ1n) is 6.58. The van der Waals surface area contributed by atoms with E-state index >= 15 is 0 Å². The molecule has 1 aromatic rings. The first-order valence-corrected chi connectivity index (χ1v) is 6.58. The van der Waals surface area contributed by atoms with Crippen LogP contribution in [0.4, 0.5) is 5.95 Å². The van der Waals surface area contributed by atoms with E-state index < -0.39 is 0 Å². The van der Waals surface area contributed by atoms with Gasteiger partial charge in [-0.3, -0.25) is 0 Å². The van der Waals surface area contributed by atoms with Crippen LogP contribution < -0.4 is 10.2 Å². The summed E-state index contributed by atoms with van der Waals surface area (Å²) in [5.74, 6) is 0.909. The molecule has 0 unspecified atom stereocenters. The van der Waals surface area contributed by atoms with Crippen LogP contribution in [0.3, 0.4) is 0 Å². The molecule has 0 amide bonds. The monoisotopic (exact) mass is 232 g/mol. The Hall–Kier alpha value is -1.16. The van der Waals surface area contributed by atoms with Crippen LogP contribution in [0.2, 0.25) is 0 Å². The molecule has 1 aromatic heterocycles. The summed E-state index contributed by atoms with van der Waals surface area (Å²) in [4.78, 5) is 11.2. The molecular formula is C13H20N4. The molecule has 0 aliphatic carbocycles. The van der Waals surface area contributed by atoms with E-state index in [1.165, 1.54) is 31.5 Å². The van der Waals surface area contributed by atoms with Gasteiger partial charge in [0.2, 0.25) is 5.95 Å². The normalized spacial score (nSPS) is 22.5. The van der Waals surface area contributed by atoms with Gasteiger partial charge in [-0.2, -0.15) is 0 Å². The van der Waals surface area contributed by atoms with Gasteiger partial charge in [0.15, 0.2) is 0 Å². The Kier molecular flexibility index (Phi) is 2.74. The average Bonchev–Trinajstić information content (AvgIpc) is 2.37. The summed E-state index contributed by atoms with van der Waals surface area (Å²) < 4.78 is 0. The zero-order valence-electron chi connectivity index (χ0n) is 10.4. The van der Waals surface area contributed by atoms with Crippen LogP contribution in [0.15, 0.2) is 12.4 Å². The third kappa shape index (κ3) is 2.02. The summed E-state index contributed by atoms with van der Waals surface area (Å²) in [5, 5.41) is 3.43. The Morgan fingerprint density at radius 1 is 1.24 bits per heavy atom. The molecule has 0 saturated carbocycles. The van der Waals surface area contributed by atoms with Crippen LogP contribution in [0.1, 0.15) is 25.3 Å². The molecule has 4 nitrogen and oxygen atoms in total. The molecule has 3 heterocycles. The largest absolute Gasteiger partial charge is 0.340 e. The molecule has 0 aromatic carbocycles. The van der Waals surface area contributed by atoms with E-state index in [9.17, 15) is 0 Å². The van der Waals surface area contributed by atoms with E-state index in [4.69, 9.17) is 0 Å². The maximum Gasteiger partial charge on any atom is 0.225 e. The highest BCUT2D eigenvalue weighted by Gasteiger charge is 2.44. The fourth-order valence-corrected chi connectivity index (χ4v) is 2.87. The molecule has 1 N–H and O–H groups in total. The van der Waals surface area contributed by atoms with Crippen molar-refractivity contribution in [3.05, 3.63) is 18.0 Å². The van der Waals surface area contributed by atoms with Gasteiger partial charge in [0.25, 0.3) is 0 Å². The Balaban J connectivity index is 1.63. The van der Waals surface area contributed by atoms with Crippen molar-refractivity contribution < 1.29 is 0 Å². The van der Waals surface area contributed by atoms with Gasteiger partial charge in [-0.15, -0.1) is 0 Å². The molecule has 92 valence electrons. The number of anilines is 1. The van der Waals surface area contributed by atoms with Crippen molar-refractivity contribution >= 4 is 5.95 Å². The Bertz CT molecular complexity index is 373. The molecule has 1 spiro atoms. The lowest BCUT2D eigenvalue weighted by atomic mass is 9.72. The molecule has 3 rings (SSSR count). The Morgan fingerprint density at radius 3 is 2.47 bits per heavy atom. The average molecular weight is 232 g/mol. The van der Waals surface area contributed by atoms with Crippen LogP contribution in [0, 0.1) is 5.41 Å². The molecule has 4 heteroatoms. The summed E-state index contributed by atoms with van der Waals surface area (Å²) in [5.41, 5.74) is 1.77. The number of rotatable bonds is 2. The summed E-state index contributed by atoms with van der Waals surface area (Å²) in [6, 6.07) is 0. The van der Waals surface area contributed by atoms with Gasteiger partial charge in [0.1, 0.15) is 0 Å². The minimum Gasteiger partial charge on any atom is -0.340 e. The summed E-state index contributed by atoms with van der Waals surface area (Å²) in [7, 11) is 0. The van der Waals surface area contributed by atoms with Crippen LogP contribution in [-0.2, 0) is 6.42 Å². The molecular weight excluding hydrogens is 212 g/mol. The van der Waals surface area contributed by atoms with E-state index in [1.54, 1.807) is 0 Å². The second-order valence-electron chi connectivity index (χ2n) is 5.35. The third-order valence-electron chi connectivity index (χ3n) is 4.10. The maximum absolute atomic E-state index is 4.45. The van der Waals surface area contributed by atoms with Gasteiger partial charge in [0, 0.05) is 30.9 Å². The van der Waals surface area contributed by atoms with E-state index in [1.807, 2.05) is 12.4 Å². The highest BCUT2D eigenvalue weighted by atomic mass is 15.3. The van der Waals surface area contributed by atoms with E-state index in [0.29, 0.717) is 5.41 Å². The van der Waals surface area contributed by atoms with Crippen LogP contribution in [-0.4, -0.2) is 36.1 Å². The van der Waals surface area contributed by atoms with Gasteiger partial charge in [0.05, 0.1) is 0 Å². The number of hydrogen-bond acceptors (Lipinski definition) is 4. The SMILES string of the molecule is CCc1cnc(N2CC3(CCNCC3)C2)nc1. The summed E-state index contributed by atoms with van der Waals surface area (Å²) in [6.07, 6.45) is 7.52. The number of hydrogen-bond donors (Lipinski definition) is 1. The van der Waals surface area contributed by atoms with Gasteiger partial charge in [-0.05, 0) is 37.9 Å². The zero-order chi connectivity index (χ0) is 11.7. The van der Waals surface area contributed by atoms with Gasteiger partial charge < -0.3 is 10.2 Å². The highest BCUT2D eigenvalue weighted by Crippen LogP contribution is 2.39. The molecule has 17 heavy (non-hydrogen) atoms. The van der Waals surface area contributed by atoms with Gasteiger partial charge >= 0.3 is 0 Å². The summed E-state index contributed by atoms with van der Waals surface area (Å²) in [6.45, 7) is 6.75. The lowest BCUT2D eigenvalue weighted by Gasteiger charge is -2.52. The van der Waals surface area contributed by atoms with Crippen molar-refractivity contribution in [3.8, 4) is 0 Å². The maximum atomic E-state index is 4.45. The number of piperidine rings is 1. The minimum absolute atomic E-state index is 0.554. The fraction of sp³-hybridized carbons (Fsp3) is 0.692. The predicted octanol–water partition coefficient (Wildman–Crippen LogP) is 1.23. The molecule has 2 aliphatic heterocycles. The quantitative estimate of drug-likeness (QED) is 0.832. The van der Waals surface area contributed by atoms with Crippen LogP contribution >= 0.6 is 0 Å². The van der Waals surface area contributed by atoms with Crippen molar-refractivity contribution in [1.29, 1.82) is 0 Å². The lowest BCUT2D eigenvalue weighted by molar-refractivity contribution is 0.148. The van der Waals surface area contributed by atoms with Crippen molar-refractivity contribution in [2.24, 2.45) is 5.41 Å². The van der Waals surface area contributed by atoms with Crippen molar-refractivity contribution in [2.45, 2.75) is 26.2 Å². The molecule has 0 bridgehead atoms. The number of nitrogens with zero attached hydrogens (tertiary/aromatic N) is 3. The minimum atomic E-state index is 0.554. The van der Waals surface area contributed by atoms with Crippen molar-refractivity contribution in [1.82, 2.24) is 15.3 Å². The van der Waals surface area contributed by atoms with E-state index in [0.717, 1.165) is 25.5 Å². The molecule has 0 atom stereocenters. The predicted molar refractivity (Wildman–Crippen MR) is 68.2 cm³/mol. The first-order chi connectivity index (χ1) is 8.31. The smallest absolute Gasteiger partial charge is 0.225 e. The van der Waals surface area contributed by atoms with E-state index in [-0.39, 0.29) is 0 Å². The second kappa shape index (κ2) is 4.26. The van der Waals surface area contributed by atoms with Crippen molar-refractivity contribution in [2.75, 3.05) is 31.1 Å². The van der Waals surface area contributed by atoms with E-state index in [2.05, 4.69) is 27.1 Å². The number of aryl methyl sites for hydroxylation is 1. The third-order valence-corrected chi connectivity index (χ3v) is 4.10. The van der Waals surface area contributed by atoms with Gasteiger partial charge in [-0.1, -0.05) is 6.92 Å². The molecule has 2 aliphatic rings. The highest BCUT2D eigenvalue weighted by molar-refractivity contribution is 5.36.